The van der Waals surface area contributed by atoms with Crippen LogP contribution in [-0.2, 0) is 14.3 Å². The normalized spacial score (nSPS) is 19.4. The van der Waals surface area contributed by atoms with E-state index in [2.05, 4.69) is 17.6 Å². The standard InChI is InChI=1S/C29H47N3O5/c1-9-11-12-16-30-26(34)24(21-15-13-14-19(4)25(21)33)32(22-17-20(22)5)27(35)23(18(3)10-2)31-28(36)37-29(6,7)8/h13-15,18,20,22-24,33H,9-12,16-17H2,1-8H3,(H,30,34)(H,31,36). The number of ether oxygens (including phenoxy) is 1. The van der Waals surface area contributed by atoms with Gasteiger partial charge in [0.1, 0.15) is 23.4 Å². The third-order valence-electron chi connectivity index (χ3n) is 7.00. The van der Waals surface area contributed by atoms with Crippen LogP contribution in [0.4, 0.5) is 4.79 Å². The molecule has 0 aliphatic heterocycles. The number of carbonyl (C=O) groups excluding carboxylic acids is 3. The zero-order chi connectivity index (χ0) is 27.9. The minimum absolute atomic E-state index is 0.00232. The average molecular weight is 518 g/mol. The quantitative estimate of drug-likeness (QED) is 0.329. The van der Waals surface area contributed by atoms with Gasteiger partial charge in [0.05, 0.1) is 0 Å². The number of unbranched alkanes of at least 4 members (excludes halogenated alkanes) is 2. The zero-order valence-corrected chi connectivity index (χ0v) is 23.9. The molecule has 5 unspecified atom stereocenters. The van der Waals surface area contributed by atoms with Crippen LogP contribution < -0.4 is 10.6 Å². The van der Waals surface area contributed by atoms with Crippen molar-refractivity contribution >= 4 is 17.9 Å². The van der Waals surface area contributed by atoms with Gasteiger partial charge in [-0.2, -0.15) is 0 Å². The second kappa shape index (κ2) is 13.2. The summed E-state index contributed by atoms with van der Waals surface area (Å²) in [6.07, 6.45) is 3.56. The lowest BCUT2D eigenvalue weighted by Gasteiger charge is -2.36. The molecule has 3 amide bonds. The molecule has 37 heavy (non-hydrogen) atoms. The first kappa shape index (κ1) is 30.5. The Balaban J connectivity index is 2.51. The summed E-state index contributed by atoms with van der Waals surface area (Å²) in [5.74, 6) is -0.669. The third kappa shape index (κ3) is 8.37. The Morgan fingerprint density at radius 2 is 1.84 bits per heavy atom. The predicted octanol–water partition coefficient (Wildman–Crippen LogP) is 5.22. The molecule has 8 heteroatoms. The molecule has 1 saturated carbocycles. The van der Waals surface area contributed by atoms with E-state index in [0.29, 0.717) is 24.1 Å². The lowest BCUT2D eigenvalue weighted by molar-refractivity contribution is -0.144. The SMILES string of the molecule is CCCCCNC(=O)C(c1cccc(C)c1O)N(C(=O)C(NC(=O)OC(C)(C)C)C(C)CC)C1CC1C. The van der Waals surface area contributed by atoms with Gasteiger partial charge >= 0.3 is 6.09 Å². The first-order valence-corrected chi connectivity index (χ1v) is 13.7. The maximum atomic E-state index is 14.3. The van der Waals surface area contributed by atoms with Crippen molar-refractivity contribution in [1.29, 1.82) is 0 Å². The van der Waals surface area contributed by atoms with Crippen molar-refractivity contribution in [3.8, 4) is 5.75 Å². The smallest absolute Gasteiger partial charge is 0.408 e. The summed E-state index contributed by atoms with van der Waals surface area (Å²) < 4.78 is 5.45. The fraction of sp³-hybridized carbons (Fsp3) is 0.690. The molecule has 1 aliphatic carbocycles. The molecule has 1 aromatic rings. The first-order valence-electron chi connectivity index (χ1n) is 13.7. The van der Waals surface area contributed by atoms with E-state index in [1.165, 1.54) is 0 Å². The molecule has 8 nitrogen and oxygen atoms in total. The Morgan fingerprint density at radius 1 is 1.19 bits per heavy atom. The number of aryl methyl sites for hydroxylation is 1. The number of aromatic hydroxyl groups is 1. The van der Waals surface area contributed by atoms with Gasteiger partial charge in [0, 0.05) is 18.2 Å². The molecule has 2 rings (SSSR count). The highest BCUT2D eigenvalue weighted by atomic mass is 16.6. The molecule has 3 N–H and O–H groups in total. The van der Waals surface area contributed by atoms with Crippen LogP contribution >= 0.6 is 0 Å². The Hall–Kier alpha value is -2.77. The van der Waals surface area contributed by atoms with Crippen molar-refractivity contribution in [2.45, 2.75) is 111 Å². The number of carbonyl (C=O) groups is 3. The lowest BCUT2D eigenvalue weighted by Crippen LogP contribution is -2.56. The Kier molecular flexibility index (Phi) is 10.8. The van der Waals surface area contributed by atoms with Crippen LogP contribution in [0.15, 0.2) is 18.2 Å². The van der Waals surface area contributed by atoms with Crippen molar-refractivity contribution in [1.82, 2.24) is 15.5 Å². The molecule has 208 valence electrons. The Labute approximate surface area is 222 Å². The largest absolute Gasteiger partial charge is 0.507 e. The molecule has 1 aromatic carbocycles. The summed E-state index contributed by atoms with van der Waals surface area (Å²) in [5, 5.41) is 16.8. The van der Waals surface area contributed by atoms with E-state index in [9.17, 15) is 19.5 Å². The molecule has 0 saturated heterocycles. The molecule has 5 atom stereocenters. The average Bonchev–Trinajstić information content (AvgIpc) is 3.54. The molecule has 1 fully saturated rings. The summed E-state index contributed by atoms with van der Waals surface area (Å²) >= 11 is 0. The minimum Gasteiger partial charge on any atom is -0.507 e. The molecule has 1 aliphatic rings. The molecule has 0 spiro atoms. The fourth-order valence-electron chi connectivity index (χ4n) is 4.45. The summed E-state index contributed by atoms with van der Waals surface area (Å²) in [5.41, 5.74) is 0.301. The summed E-state index contributed by atoms with van der Waals surface area (Å²) in [6, 6.07) is 3.18. The van der Waals surface area contributed by atoms with E-state index >= 15 is 0 Å². The number of phenols is 1. The fourth-order valence-corrected chi connectivity index (χ4v) is 4.45. The Bertz CT molecular complexity index is 942. The zero-order valence-electron chi connectivity index (χ0n) is 23.9. The second-order valence-electron chi connectivity index (χ2n) is 11.4. The molecule has 0 bridgehead atoms. The number of hydrogen-bond donors (Lipinski definition) is 3. The van der Waals surface area contributed by atoms with Gasteiger partial charge in [-0.3, -0.25) is 9.59 Å². The molecular weight excluding hydrogens is 470 g/mol. The van der Waals surface area contributed by atoms with E-state index in [1.54, 1.807) is 50.8 Å². The van der Waals surface area contributed by atoms with Gasteiger partial charge in [0.15, 0.2) is 0 Å². The van der Waals surface area contributed by atoms with Crippen LogP contribution in [0.1, 0.15) is 97.7 Å². The summed E-state index contributed by atoms with van der Waals surface area (Å²) in [7, 11) is 0. The van der Waals surface area contributed by atoms with Crippen LogP contribution in [0.3, 0.4) is 0 Å². The van der Waals surface area contributed by atoms with Gasteiger partial charge in [-0.15, -0.1) is 0 Å². The van der Waals surface area contributed by atoms with Crippen LogP contribution in [0.25, 0.3) is 0 Å². The monoisotopic (exact) mass is 517 g/mol. The Morgan fingerprint density at radius 3 is 2.38 bits per heavy atom. The lowest BCUT2D eigenvalue weighted by atomic mass is 9.94. The molecule has 0 aromatic heterocycles. The number of phenolic OH excluding ortho intramolecular Hbond substituents is 1. The number of nitrogens with zero attached hydrogens (tertiary/aromatic N) is 1. The third-order valence-corrected chi connectivity index (χ3v) is 7.00. The second-order valence-corrected chi connectivity index (χ2v) is 11.4. The van der Waals surface area contributed by atoms with Crippen molar-refractivity contribution in [3.05, 3.63) is 29.3 Å². The van der Waals surface area contributed by atoms with E-state index in [0.717, 1.165) is 25.7 Å². The van der Waals surface area contributed by atoms with Gasteiger partial charge in [-0.05, 0) is 57.9 Å². The number of rotatable bonds is 12. The van der Waals surface area contributed by atoms with Crippen molar-refractivity contribution in [3.63, 3.8) is 0 Å². The first-order chi connectivity index (χ1) is 17.3. The van der Waals surface area contributed by atoms with Gasteiger partial charge in [0.25, 0.3) is 0 Å². The van der Waals surface area contributed by atoms with E-state index in [-0.39, 0.29) is 35.4 Å². The number of para-hydroxylation sites is 1. The molecular formula is C29H47N3O5. The van der Waals surface area contributed by atoms with Crippen molar-refractivity contribution in [2.24, 2.45) is 11.8 Å². The van der Waals surface area contributed by atoms with Crippen molar-refractivity contribution in [2.75, 3.05) is 6.54 Å². The summed E-state index contributed by atoms with van der Waals surface area (Å²) in [6.45, 7) is 15.6. The maximum absolute atomic E-state index is 14.3. The van der Waals surface area contributed by atoms with E-state index in [4.69, 9.17) is 4.74 Å². The number of benzene rings is 1. The number of amides is 3. The maximum Gasteiger partial charge on any atom is 0.408 e. The van der Waals surface area contributed by atoms with Gasteiger partial charge in [0.2, 0.25) is 11.8 Å². The van der Waals surface area contributed by atoms with Gasteiger partial charge in [-0.1, -0.05) is 65.2 Å². The van der Waals surface area contributed by atoms with E-state index in [1.807, 2.05) is 20.8 Å². The highest BCUT2D eigenvalue weighted by Gasteiger charge is 2.49. The van der Waals surface area contributed by atoms with Gasteiger partial charge in [-0.25, -0.2) is 4.79 Å². The number of nitrogens with one attached hydrogen (secondary N) is 2. The minimum atomic E-state index is -1.02. The van der Waals surface area contributed by atoms with Gasteiger partial charge < -0.3 is 25.4 Å². The summed E-state index contributed by atoms with van der Waals surface area (Å²) in [4.78, 5) is 42.3. The van der Waals surface area contributed by atoms with Crippen molar-refractivity contribution < 1.29 is 24.2 Å². The van der Waals surface area contributed by atoms with Crippen LogP contribution in [-0.4, -0.2) is 52.1 Å². The number of hydrogen-bond acceptors (Lipinski definition) is 5. The van der Waals surface area contributed by atoms with Crippen LogP contribution in [0.5, 0.6) is 5.75 Å². The van der Waals surface area contributed by atoms with E-state index < -0.39 is 23.8 Å². The van der Waals surface area contributed by atoms with Crippen LogP contribution in [0.2, 0.25) is 0 Å². The highest BCUT2D eigenvalue weighted by Crippen LogP contribution is 2.43. The number of alkyl carbamates (subject to hydrolysis) is 1. The molecule has 0 heterocycles. The highest BCUT2D eigenvalue weighted by molar-refractivity contribution is 5.93. The molecule has 0 radical (unpaired) electrons. The predicted molar refractivity (Wildman–Crippen MR) is 145 cm³/mol. The van der Waals surface area contributed by atoms with Crippen LogP contribution in [0, 0.1) is 18.8 Å². The topological polar surface area (TPSA) is 108 Å².